The summed E-state index contributed by atoms with van der Waals surface area (Å²) in [7, 11) is 0. The first-order valence-electron chi connectivity index (χ1n) is 4.77. The maximum atomic E-state index is 13.2. The molecule has 0 amide bonds. The lowest BCUT2D eigenvalue weighted by atomic mass is 10.2. The van der Waals surface area contributed by atoms with Gasteiger partial charge in [-0.05, 0) is 6.42 Å². The minimum absolute atomic E-state index is 0.0908. The van der Waals surface area contributed by atoms with Crippen LogP contribution in [-0.4, -0.2) is 15.4 Å². The summed E-state index contributed by atoms with van der Waals surface area (Å²) in [5.41, 5.74) is 0.394. The van der Waals surface area contributed by atoms with Crippen molar-refractivity contribution in [2.24, 2.45) is 0 Å². The van der Waals surface area contributed by atoms with Gasteiger partial charge in [-0.15, -0.1) is 0 Å². The molecule has 0 aliphatic carbocycles. The van der Waals surface area contributed by atoms with E-state index in [0.717, 1.165) is 12.3 Å². The zero-order chi connectivity index (χ0) is 12.6. The van der Waals surface area contributed by atoms with E-state index >= 15 is 0 Å². The van der Waals surface area contributed by atoms with Crippen LogP contribution in [-0.2, 0) is 11.4 Å². The van der Waals surface area contributed by atoms with Crippen molar-refractivity contribution in [2.45, 2.75) is 13.3 Å². The second-order valence-corrected chi connectivity index (χ2v) is 3.73. The van der Waals surface area contributed by atoms with E-state index in [9.17, 15) is 13.7 Å². The average molecular weight is 261 g/mol. The first-order valence-corrected chi connectivity index (χ1v) is 5.15. The fourth-order valence-corrected chi connectivity index (χ4v) is 1.74. The van der Waals surface area contributed by atoms with Crippen LogP contribution in [0, 0.1) is 5.82 Å². The molecule has 17 heavy (non-hydrogen) atoms. The highest BCUT2D eigenvalue weighted by Crippen LogP contribution is 2.21. The fourth-order valence-electron chi connectivity index (χ4n) is 1.59. The molecule has 0 aromatic carbocycles. The van der Waals surface area contributed by atoms with E-state index in [1.165, 1.54) is 4.40 Å². The third-order valence-corrected chi connectivity index (χ3v) is 2.61. The number of carbonyl (C=O) groups is 1. The van der Waals surface area contributed by atoms with Crippen molar-refractivity contribution in [1.29, 1.82) is 0 Å². The van der Waals surface area contributed by atoms with Crippen LogP contribution >= 0.6 is 11.6 Å². The van der Waals surface area contributed by atoms with Crippen LogP contribution in [0.1, 0.15) is 23.1 Å². The van der Waals surface area contributed by atoms with E-state index < -0.39 is 11.8 Å². The Balaban J connectivity index is 2.78. The van der Waals surface area contributed by atoms with E-state index in [-0.39, 0.29) is 16.4 Å². The number of hydrogen-bond acceptors (Lipinski definition) is 3. The number of hydrogen-bond donors (Lipinski definition) is 0. The van der Waals surface area contributed by atoms with E-state index in [1.54, 1.807) is 6.92 Å². The predicted molar refractivity (Wildman–Crippen MR) is 56.1 cm³/mol. The summed E-state index contributed by atoms with van der Waals surface area (Å²) < 4.78 is 26.4. The van der Waals surface area contributed by atoms with E-state index in [1.807, 2.05) is 0 Å². The number of carbonyl (C=O) groups excluding carboxylic acids is 1. The molecule has 0 bridgehead atoms. The van der Waals surface area contributed by atoms with Crippen LogP contribution in [0.3, 0.4) is 0 Å². The molecule has 0 atom stereocenters. The van der Waals surface area contributed by atoms with Gasteiger partial charge in [-0.3, -0.25) is 4.40 Å². The van der Waals surface area contributed by atoms with Gasteiger partial charge in [0.05, 0.1) is 10.7 Å². The predicted octanol–water partition coefficient (Wildman–Crippen LogP) is 2.73. The third-order valence-electron chi connectivity index (χ3n) is 2.34. The van der Waals surface area contributed by atoms with Crippen LogP contribution in [0.25, 0.3) is 5.65 Å². The third kappa shape index (κ3) is 1.84. The number of fused-ring (bicyclic) bond motifs is 1. The number of rotatable bonds is 2. The van der Waals surface area contributed by atoms with E-state index in [2.05, 4.69) is 9.93 Å². The Labute approximate surface area is 99.7 Å². The molecule has 0 N–H and O–H groups in total. The van der Waals surface area contributed by atoms with Gasteiger partial charge in [0.25, 0.3) is 0 Å². The van der Waals surface area contributed by atoms with Crippen molar-refractivity contribution < 1.29 is 18.7 Å². The first-order chi connectivity index (χ1) is 8.08. The van der Waals surface area contributed by atoms with E-state index in [4.69, 9.17) is 11.6 Å². The molecule has 2 aromatic heterocycles. The first kappa shape index (κ1) is 11.8. The molecule has 0 fully saturated rings. The standard InChI is InChI=1S/C10H7ClF2N2O2/c1-2-7-9(10(16)17-13)15-4-5(11)6(12)3-8(15)14-7/h3-4H,2H2,1H3. The lowest BCUT2D eigenvalue weighted by Crippen LogP contribution is -2.06. The molecule has 7 heteroatoms. The number of aromatic nitrogens is 2. The quantitative estimate of drug-likeness (QED) is 0.834. The minimum atomic E-state index is -1.18. The highest BCUT2D eigenvalue weighted by Gasteiger charge is 2.21. The van der Waals surface area contributed by atoms with Gasteiger partial charge in [-0.2, -0.15) is 0 Å². The van der Waals surface area contributed by atoms with Crippen LogP contribution < -0.4 is 0 Å². The Bertz CT molecular complexity index is 597. The van der Waals surface area contributed by atoms with Crippen molar-refractivity contribution in [3.05, 3.63) is 34.5 Å². The molecule has 4 nitrogen and oxygen atoms in total. The van der Waals surface area contributed by atoms with Crippen molar-refractivity contribution in [1.82, 2.24) is 9.38 Å². The highest BCUT2D eigenvalue weighted by molar-refractivity contribution is 6.30. The van der Waals surface area contributed by atoms with Gasteiger partial charge < -0.3 is 0 Å². The molecule has 0 spiro atoms. The largest absolute Gasteiger partial charge is 0.398 e. The molecule has 0 aliphatic rings. The second-order valence-electron chi connectivity index (χ2n) is 3.32. The van der Waals surface area contributed by atoms with Crippen molar-refractivity contribution in [3.63, 3.8) is 0 Å². The molecule has 0 saturated heterocycles. The van der Waals surface area contributed by atoms with Crippen molar-refractivity contribution >= 4 is 23.2 Å². The van der Waals surface area contributed by atoms with Crippen molar-refractivity contribution in [2.75, 3.05) is 0 Å². The maximum Gasteiger partial charge on any atom is 0.398 e. The Morgan fingerprint density at radius 1 is 1.65 bits per heavy atom. The van der Waals surface area contributed by atoms with Crippen LogP contribution in [0.15, 0.2) is 12.3 Å². The summed E-state index contributed by atoms with van der Waals surface area (Å²) >= 11 is 5.59. The summed E-state index contributed by atoms with van der Waals surface area (Å²) in [6.45, 7) is 1.73. The van der Waals surface area contributed by atoms with Gasteiger partial charge in [0, 0.05) is 16.8 Å². The summed E-state index contributed by atoms with van der Waals surface area (Å²) in [6, 6.07) is 1.07. The molecule has 2 heterocycles. The minimum Gasteiger partial charge on any atom is -0.292 e. The molecule has 2 aromatic rings. The second kappa shape index (κ2) is 4.29. The van der Waals surface area contributed by atoms with E-state index in [0.29, 0.717) is 12.1 Å². The zero-order valence-corrected chi connectivity index (χ0v) is 9.46. The van der Waals surface area contributed by atoms with Crippen LogP contribution in [0.2, 0.25) is 5.02 Å². The lowest BCUT2D eigenvalue weighted by Gasteiger charge is -2.00. The Morgan fingerprint density at radius 2 is 2.35 bits per heavy atom. The van der Waals surface area contributed by atoms with Gasteiger partial charge in [0.15, 0.2) is 5.69 Å². The summed E-state index contributed by atoms with van der Waals surface area (Å²) in [5, 5.41) is -0.189. The summed E-state index contributed by atoms with van der Waals surface area (Å²) in [6.07, 6.45) is 1.54. The molecule has 90 valence electrons. The molecule has 0 saturated carbocycles. The molecule has 0 unspecified atom stereocenters. The number of aryl methyl sites for hydroxylation is 1. The van der Waals surface area contributed by atoms with Crippen LogP contribution in [0.5, 0.6) is 0 Å². The number of imidazole rings is 1. The zero-order valence-electron chi connectivity index (χ0n) is 8.71. The summed E-state index contributed by atoms with van der Waals surface area (Å²) in [5.74, 6) is -1.84. The smallest absolute Gasteiger partial charge is 0.292 e. The fraction of sp³-hybridized carbons (Fsp3) is 0.200. The van der Waals surface area contributed by atoms with Crippen LogP contribution in [0.4, 0.5) is 8.92 Å². The molecule has 2 rings (SSSR count). The average Bonchev–Trinajstić information content (AvgIpc) is 2.66. The van der Waals surface area contributed by atoms with Gasteiger partial charge >= 0.3 is 5.97 Å². The number of pyridine rings is 1. The summed E-state index contributed by atoms with van der Waals surface area (Å²) in [4.78, 5) is 18.4. The highest BCUT2D eigenvalue weighted by atomic mass is 35.5. The Kier molecular flexibility index (Phi) is 2.97. The van der Waals surface area contributed by atoms with Gasteiger partial charge in [-0.25, -0.2) is 19.1 Å². The molecule has 0 aliphatic heterocycles. The number of nitrogens with zero attached hydrogens (tertiary/aromatic N) is 2. The maximum absolute atomic E-state index is 13.2. The van der Waals surface area contributed by atoms with Gasteiger partial charge in [0.2, 0.25) is 0 Å². The Hall–Kier alpha value is -1.69. The molecular weight excluding hydrogens is 254 g/mol. The SMILES string of the molecule is CCc1nc2cc(F)c(Cl)cn2c1C(=O)OF. The lowest BCUT2D eigenvalue weighted by molar-refractivity contribution is -0.0795. The number of halogens is 3. The molecule has 0 radical (unpaired) electrons. The van der Waals surface area contributed by atoms with Crippen molar-refractivity contribution in [3.8, 4) is 0 Å². The molecular formula is C10H7ClF2N2O2. The topological polar surface area (TPSA) is 43.6 Å². The normalized spacial score (nSPS) is 10.8. The van der Waals surface area contributed by atoms with Gasteiger partial charge in [-0.1, -0.05) is 18.5 Å². The monoisotopic (exact) mass is 260 g/mol. The Morgan fingerprint density at radius 3 is 2.94 bits per heavy atom. The van der Waals surface area contributed by atoms with Gasteiger partial charge in [0.1, 0.15) is 11.5 Å².